The van der Waals surface area contributed by atoms with Crippen molar-refractivity contribution in [2.45, 2.75) is 0 Å². The fraction of sp³-hybridized carbons (Fsp3) is 0. The second kappa shape index (κ2) is 15.4. The summed E-state index contributed by atoms with van der Waals surface area (Å²) in [6.45, 7) is 0.0520. The van der Waals surface area contributed by atoms with Crippen LogP contribution in [0.15, 0.2) is 116 Å². The quantitative estimate of drug-likeness (QED) is 0.240. The van der Waals surface area contributed by atoms with E-state index in [1.807, 2.05) is 66.9 Å². The predicted octanol–water partition coefficient (Wildman–Crippen LogP) is 3.77. The van der Waals surface area contributed by atoms with E-state index in [0.29, 0.717) is 0 Å². The number of aromatic nitrogens is 4. The Hall–Kier alpha value is -5.68. The number of aromatic carboxylic acids is 3. The first-order valence-corrected chi connectivity index (χ1v) is 13.5. The third-order valence-electron chi connectivity index (χ3n) is 6.48. The van der Waals surface area contributed by atoms with Crippen LogP contribution in [0.25, 0.3) is 33.2 Å². The Kier molecular flexibility index (Phi) is 11.1. The van der Waals surface area contributed by atoms with Crippen LogP contribution in [0.1, 0.15) is 31.1 Å². The van der Waals surface area contributed by atoms with Crippen molar-refractivity contribution in [3.05, 3.63) is 143 Å². The van der Waals surface area contributed by atoms with Crippen molar-refractivity contribution < 1.29 is 49.2 Å². The van der Waals surface area contributed by atoms with Crippen LogP contribution in [0.2, 0.25) is 0 Å². The Bertz CT molecular complexity index is 1780. The van der Waals surface area contributed by atoms with Gasteiger partial charge in [-0.3, -0.25) is 15.0 Å². The molecule has 0 spiro atoms. The van der Waals surface area contributed by atoms with E-state index in [4.69, 9.17) is 10.2 Å². The van der Waals surface area contributed by atoms with Crippen LogP contribution in [0.3, 0.4) is 0 Å². The fourth-order valence-electron chi connectivity index (χ4n) is 4.29. The number of rotatable bonds is 7. The van der Waals surface area contributed by atoms with Crippen molar-refractivity contribution in [2.24, 2.45) is 0 Å². The van der Waals surface area contributed by atoms with Crippen LogP contribution in [-0.4, -0.2) is 66.9 Å². The molecular weight excluding hydrogens is 675 g/mol. The van der Waals surface area contributed by atoms with Gasteiger partial charge in [0.1, 0.15) is 13.7 Å². The summed E-state index contributed by atoms with van der Waals surface area (Å²) < 4.78 is 0. The van der Waals surface area contributed by atoms with Crippen molar-refractivity contribution >= 4 is 42.8 Å². The Morgan fingerprint density at radius 1 is 0.565 bits per heavy atom. The van der Waals surface area contributed by atoms with Gasteiger partial charge in [-0.05, 0) is 47.6 Å². The number of nitrogens with zero attached hydrogens (tertiary/aromatic N) is 6. The van der Waals surface area contributed by atoms with Crippen LogP contribution >= 0.6 is 0 Å². The van der Waals surface area contributed by atoms with Crippen LogP contribution in [-0.2, 0) is 19.5 Å². The Balaban J connectivity index is 0.000000220. The van der Waals surface area contributed by atoms with E-state index in [1.54, 1.807) is 0 Å². The van der Waals surface area contributed by atoms with E-state index in [9.17, 15) is 19.5 Å². The standard InChI is InChI=1S/C18H11N3O6.C13H11B2N3.Ru/c22-16(23)9-1-3-19-12(5-9)14-7-11(18(26)27)8-15(21-14)13-6-10(17(24)25)2-4-20-13;1-3-10-16-14(8-1)12-6-5-7-13(18-12)15-9-2-4-11-17-15;/h1-8H,(H,22,23)(H,24,25)(H,26,27);1-11H;/q;-2;+2. The third kappa shape index (κ3) is 8.27. The summed E-state index contributed by atoms with van der Waals surface area (Å²) in [4.78, 5) is 50.8. The Labute approximate surface area is 276 Å². The molecule has 0 saturated heterocycles. The number of hydrogen-bond acceptors (Lipinski definition) is 7. The van der Waals surface area contributed by atoms with Gasteiger partial charge in [0, 0.05) is 12.4 Å². The molecule has 3 N–H and O–H groups in total. The van der Waals surface area contributed by atoms with Crippen molar-refractivity contribution in [3.8, 4) is 22.8 Å². The molecule has 15 heteroatoms. The molecule has 0 saturated carbocycles. The average Bonchev–Trinajstić information content (AvgIpc) is 3.09. The number of hydrogen-bond donors (Lipinski definition) is 3. The molecule has 226 valence electrons. The van der Waals surface area contributed by atoms with Crippen molar-refractivity contribution in [3.63, 3.8) is 0 Å². The second-order valence-corrected chi connectivity index (χ2v) is 9.53. The summed E-state index contributed by atoms with van der Waals surface area (Å²) in [5.41, 5.74) is 2.30. The number of carboxylic acid groups (broad SMARTS) is 3. The summed E-state index contributed by atoms with van der Waals surface area (Å²) >= 11 is 0. The molecule has 6 heterocycles. The van der Waals surface area contributed by atoms with Gasteiger partial charge in [-0.15, -0.1) is 12.0 Å². The molecule has 0 unspecified atom stereocenters. The Morgan fingerprint density at radius 3 is 1.39 bits per heavy atom. The van der Waals surface area contributed by atoms with E-state index >= 15 is 0 Å². The SMILES string of the molecule is C1=C[N-]B(c2cccc(B3C=CC=C[N-]3)n2)C=C1.O=C(O)c1ccnc(-c2cc(C(=O)O)cc(-c3cc(C(=O)O)ccn3)n2)c1.[Ru+2]. The maximum Gasteiger partial charge on any atom is 2.00 e. The van der Waals surface area contributed by atoms with Crippen LogP contribution in [0, 0.1) is 0 Å². The van der Waals surface area contributed by atoms with Crippen molar-refractivity contribution in [1.82, 2.24) is 19.9 Å². The maximum atomic E-state index is 11.5. The van der Waals surface area contributed by atoms with Gasteiger partial charge in [0.05, 0.1) is 39.5 Å². The molecule has 0 aliphatic carbocycles. The normalized spacial score (nSPS) is 12.6. The van der Waals surface area contributed by atoms with Crippen molar-refractivity contribution in [1.29, 1.82) is 0 Å². The smallest absolute Gasteiger partial charge is 0.704 e. The molecule has 2 aliphatic rings. The molecule has 2 aliphatic heterocycles. The largest absolute Gasteiger partial charge is 2.00 e. The van der Waals surface area contributed by atoms with Crippen LogP contribution in [0.4, 0.5) is 0 Å². The van der Waals surface area contributed by atoms with Gasteiger partial charge < -0.3 is 25.8 Å². The molecule has 46 heavy (non-hydrogen) atoms. The van der Waals surface area contributed by atoms with E-state index in [-0.39, 0.29) is 72.6 Å². The molecule has 4 aromatic heterocycles. The van der Waals surface area contributed by atoms with Crippen molar-refractivity contribution in [2.75, 3.05) is 0 Å². The van der Waals surface area contributed by atoms with Gasteiger partial charge in [-0.2, -0.15) is 12.4 Å². The molecule has 0 atom stereocenters. The predicted molar refractivity (Wildman–Crippen MR) is 170 cm³/mol. The molecular formula is C31H22B2N6O6Ru. The zero-order valence-corrected chi connectivity index (χ0v) is 25.5. The summed E-state index contributed by atoms with van der Waals surface area (Å²) in [6.07, 6.45) is 14.0. The monoisotopic (exact) mass is 698 g/mol. The van der Waals surface area contributed by atoms with E-state index in [0.717, 1.165) is 11.2 Å². The zero-order valence-electron chi connectivity index (χ0n) is 23.7. The van der Waals surface area contributed by atoms with E-state index < -0.39 is 17.9 Å². The summed E-state index contributed by atoms with van der Waals surface area (Å²) in [7, 11) is 0. The zero-order chi connectivity index (χ0) is 31.8. The molecule has 0 aromatic carbocycles. The first-order valence-electron chi connectivity index (χ1n) is 13.5. The number of pyridine rings is 4. The minimum Gasteiger partial charge on any atom is -0.704 e. The first-order chi connectivity index (χ1) is 21.8. The van der Waals surface area contributed by atoms with Gasteiger partial charge in [0.25, 0.3) is 0 Å². The second-order valence-electron chi connectivity index (χ2n) is 9.53. The molecule has 4 aromatic rings. The van der Waals surface area contributed by atoms with Gasteiger partial charge >= 0.3 is 37.4 Å². The number of allylic oxidation sites excluding steroid dienone is 4. The molecule has 0 fully saturated rings. The van der Waals surface area contributed by atoms with Crippen LogP contribution in [0.5, 0.6) is 0 Å². The molecule has 0 radical (unpaired) electrons. The molecule has 0 amide bonds. The van der Waals surface area contributed by atoms with Gasteiger partial charge in [-0.1, -0.05) is 42.5 Å². The minimum absolute atomic E-state index is 0. The van der Waals surface area contributed by atoms with Crippen LogP contribution < -0.4 is 11.2 Å². The summed E-state index contributed by atoms with van der Waals surface area (Å²) in [6, 6.07) is 13.6. The van der Waals surface area contributed by atoms with Gasteiger partial charge in [0.15, 0.2) is 0 Å². The number of carboxylic acids is 3. The van der Waals surface area contributed by atoms with Gasteiger partial charge in [-0.25, -0.2) is 19.4 Å². The topological polar surface area (TPSA) is 192 Å². The average molecular weight is 697 g/mol. The minimum atomic E-state index is -1.23. The van der Waals surface area contributed by atoms with E-state index in [2.05, 4.69) is 30.4 Å². The third-order valence-corrected chi connectivity index (χ3v) is 6.48. The van der Waals surface area contributed by atoms with E-state index in [1.165, 1.54) is 48.8 Å². The molecule has 0 bridgehead atoms. The Morgan fingerprint density at radius 2 is 1.00 bits per heavy atom. The van der Waals surface area contributed by atoms with Gasteiger partial charge in [0.2, 0.25) is 0 Å². The fourth-order valence-corrected chi connectivity index (χ4v) is 4.29. The summed E-state index contributed by atoms with van der Waals surface area (Å²) in [5.74, 6) is 0.525. The maximum absolute atomic E-state index is 11.5. The molecule has 12 nitrogen and oxygen atoms in total. The first kappa shape index (κ1) is 33.2. The molecule has 6 rings (SSSR count). The summed E-state index contributed by atoms with van der Waals surface area (Å²) in [5, 5.41) is 36.4. The number of carbonyl (C=O) groups is 3.